The molecule has 0 aliphatic rings. The quantitative estimate of drug-likeness (QED) is 0.495. The molecule has 0 atom stereocenters. The van der Waals surface area contributed by atoms with Gasteiger partial charge in [0.1, 0.15) is 0 Å². The smallest absolute Gasteiger partial charge is 0.0313 e. The van der Waals surface area contributed by atoms with Crippen LogP contribution in [0.15, 0.2) is 11.6 Å². The molecule has 0 saturated carbocycles. The van der Waals surface area contributed by atoms with Crippen molar-refractivity contribution in [3.05, 3.63) is 25.5 Å². The van der Waals surface area contributed by atoms with Gasteiger partial charge >= 0.3 is 0 Å². The SMILES string of the molecule is [CH2]C=C(C)CC[CH2]. The van der Waals surface area contributed by atoms with Crippen LogP contribution in [0.1, 0.15) is 19.8 Å². The number of hydrogen-bond donors (Lipinski definition) is 0. The van der Waals surface area contributed by atoms with Crippen LogP contribution in [0.25, 0.3) is 0 Å². The van der Waals surface area contributed by atoms with E-state index in [0.717, 1.165) is 12.8 Å². The van der Waals surface area contributed by atoms with E-state index in [0.29, 0.717) is 0 Å². The van der Waals surface area contributed by atoms with Crippen LogP contribution in [0.5, 0.6) is 0 Å². The monoisotopic (exact) mass is 96.1 g/mol. The second-order valence-electron chi connectivity index (χ2n) is 1.65. The highest BCUT2D eigenvalue weighted by atomic mass is 13.9. The molecule has 0 fully saturated rings. The molecule has 0 N–H and O–H groups in total. The van der Waals surface area contributed by atoms with Crippen molar-refractivity contribution in [2.45, 2.75) is 19.8 Å². The molecule has 0 aromatic carbocycles. The standard InChI is InChI=1S/C7H12/c1-4-6-7(3)5-2/h5H,1-2,4,6H2,3H3. The zero-order valence-corrected chi connectivity index (χ0v) is 4.91. The first-order chi connectivity index (χ1) is 3.31. The van der Waals surface area contributed by atoms with Crippen LogP contribution >= 0.6 is 0 Å². The van der Waals surface area contributed by atoms with Crippen LogP contribution in [0.2, 0.25) is 0 Å². The van der Waals surface area contributed by atoms with Crippen LogP contribution in [-0.2, 0) is 0 Å². The zero-order valence-electron chi connectivity index (χ0n) is 4.91. The first-order valence-corrected chi connectivity index (χ1v) is 2.55. The normalized spacial score (nSPS) is 12.1. The average molecular weight is 96.2 g/mol. The van der Waals surface area contributed by atoms with Crippen molar-refractivity contribution in [3.63, 3.8) is 0 Å². The molecule has 0 unspecified atom stereocenters. The Kier molecular flexibility index (Phi) is 3.77. The van der Waals surface area contributed by atoms with Crippen molar-refractivity contribution >= 4 is 0 Å². The maximum Gasteiger partial charge on any atom is -0.0313 e. The largest absolute Gasteiger partial charge is 0.0853 e. The molecular formula is C7H12. The van der Waals surface area contributed by atoms with Gasteiger partial charge in [0.25, 0.3) is 0 Å². The van der Waals surface area contributed by atoms with Crippen LogP contribution in [0.3, 0.4) is 0 Å². The van der Waals surface area contributed by atoms with Crippen LogP contribution in [0, 0.1) is 13.8 Å². The average Bonchev–Trinajstić information content (AvgIpc) is 1.68. The number of hydrogen-bond acceptors (Lipinski definition) is 0. The van der Waals surface area contributed by atoms with E-state index in [1.54, 1.807) is 0 Å². The van der Waals surface area contributed by atoms with Gasteiger partial charge in [0.2, 0.25) is 0 Å². The molecule has 7 heavy (non-hydrogen) atoms. The van der Waals surface area contributed by atoms with Gasteiger partial charge in [0.15, 0.2) is 0 Å². The summed E-state index contributed by atoms with van der Waals surface area (Å²) in [5.41, 5.74) is 1.33. The Bertz CT molecular complexity index is 60.4. The third-order valence-corrected chi connectivity index (χ3v) is 0.920. The second-order valence-corrected chi connectivity index (χ2v) is 1.65. The molecule has 0 heteroatoms. The lowest BCUT2D eigenvalue weighted by Crippen LogP contribution is -1.70. The Labute approximate surface area is 46.2 Å². The van der Waals surface area contributed by atoms with Gasteiger partial charge in [0.05, 0.1) is 0 Å². The summed E-state index contributed by atoms with van der Waals surface area (Å²) in [4.78, 5) is 0. The van der Waals surface area contributed by atoms with E-state index in [1.165, 1.54) is 5.57 Å². The number of allylic oxidation sites excluding steroid dienone is 2. The Morgan fingerprint density at radius 1 is 1.71 bits per heavy atom. The Balaban J connectivity index is 3.17. The van der Waals surface area contributed by atoms with Crippen molar-refractivity contribution in [3.8, 4) is 0 Å². The fourth-order valence-electron chi connectivity index (χ4n) is 0.381. The molecule has 0 aliphatic heterocycles. The van der Waals surface area contributed by atoms with E-state index in [1.807, 2.05) is 6.08 Å². The summed E-state index contributed by atoms with van der Waals surface area (Å²) in [5, 5.41) is 0. The van der Waals surface area contributed by atoms with E-state index < -0.39 is 0 Å². The zero-order chi connectivity index (χ0) is 5.70. The minimum Gasteiger partial charge on any atom is -0.0853 e. The van der Waals surface area contributed by atoms with Gasteiger partial charge in [-0.15, -0.1) is 0 Å². The minimum absolute atomic E-state index is 0.984. The van der Waals surface area contributed by atoms with Crippen LogP contribution < -0.4 is 0 Å². The van der Waals surface area contributed by atoms with Crippen molar-refractivity contribution in [2.24, 2.45) is 0 Å². The first-order valence-electron chi connectivity index (χ1n) is 2.55. The third kappa shape index (κ3) is 3.57. The summed E-state index contributed by atoms with van der Waals surface area (Å²) >= 11 is 0. The summed E-state index contributed by atoms with van der Waals surface area (Å²) in [5.74, 6) is 0. The molecule has 0 heterocycles. The molecule has 2 radical (unpaired) electrons. The highest BCUT2D eigenvalue weighted by molar-refractivity contribution is 4.99. The Morgan fingerprint density at radius 2 is 2.29 bits per heavy atom. The predicted octanol–water partition coefficient (Wildman–Crippen LogP) is 2.38. The molecule has 0 bridgehead atoms. The first kappa shape index (κ1) is 6.74. The van der Waals surface area contributed by atoms with Crippen molar-refractivity contribution < 1.29 is 0 Å². The summed E-state index contributed by atoms with van der Waals surface area (Å²) in [7, 11) is 0. The molecule has 40 valence electrons. The molecular weight excluding hydrogens is 84.1 g/mol. The summed E-state index contributed by atoms with van der Waals surface area (Å²) in [6.45, 7) is 9.39. The highest BCUT2D eigenvalue weighted by Crippen LogP contribution is 2.00. The van der Waals surface area contributed by atoms with Gasteiger partial charge in [0, 0.05) is 0 Å². The molecule has 0 aliphatic carbocycles. The van der Waals surface area contributed by atoms with E-state index in [-0.39, 0.29) is 0 Å². The van der Waals surface area contributed by atoms with Crippen molar-refractivity contribution in [1.29, 1.82) is 0 Å². The van der Waals surface area contributed by atoms with Crippen LogP contribution in [0.4, 0.5) is 0 Å². The molecule has 0 aromatic heterocycles. The van der Waals surface area contributed by atoms with Gasteiger partial charge in [-0.2, -0.15) is 0 Å². The maximum atomic E-state index is 3.70. The van der Waals surface area contributed by atoms with Crippen LogP contribution in [-0.4, -0.2) is 0 Å². The van der Waals surface area contributed by atoms with Crippen molar-refractivity contribution in [1.82, 2.24) is 0 Å². The lowest BCUT2D eigenvalue weighted by Gasteiger charge is -1.90. The molecule has 0 amide bonds. The van der Waals surface area contributed by atoms with Gasteiger partial charge in [-0.3, -0.25) is 0 Å². The predicted molar refractivity (Wildman–Crippen MR) is 33.7 cm³/mol. The summed E-state index contributed by atoms with van der Waals surface area (Å²) in [6.07, 6.45) is 3.95. The topological polar surface area (TPSA) is 0 Å². The van der Waals surface area contributed by atoms with Gasteiger partial charge < -0.3 is 0 Å². The van der Waals surface area contributed by atoms with Gasteiger partial charge in [-0.05, 0) is 26.7 Å². The molecule has 0 nitrogen and oxygen atoms in total. The lowest BCUT2D eigenvalue weighted by atomic mass is 10.2. The molecule has 0 aromatic rings. The summed E-state index contributed by atoms with van der Waals surface area (Å²) in [6, 6.07) is 0. The van der Waals surface area contributed by atoms with E-state index >= 15 is 0 Å². The number of rotatable bonds is 2. The van der Waals surface area contributed by atoms with E-state index in [2.05, 4.69) is 20.8 Å². The fraction of sp³-hybridized carbons (Fsp3) is 0.429. The second kappa shape index (κ2) is 3.91. The van der Waals surface area contributed by atoms with Gasteiger partial charge in [-0.1, -0.05) is 18.6 Å². The minimum atomic E-state index is 0.984. The molecule has 0 spiro atoms. The third-order valence-electron chi connectivity index (χ3n) is 0.920. The Morgan fingerprint density at radius 3 is 2.43 bits per heavy atom. The summed E-state index contributed by atoms with van der Waals surface area (Å²) < 4.78 is 0. The lowest BCUT2D eigenvalue weighted by molar-refractivity contribution is 0.976. The van der Waals surface area contributed by atoms with E-state index in [9.17, 15) is 0 Å². The molecule has 0 saturated heterocycles. The Hall–Kier alpha value is -0.260. The van der Waals surface area contributed by atoms with Gasteiger partial charge in [-0.25, -0.2) is 0 Å². The molecule has 0 rings (SSSR count). The maximum absolute atomic E-state index is 3.70. The highest BCUT2D eigenvalue weighted by Gasteiger charge is 1.80. The van der Waals surface area contributed by atoms with Crippen molar-refractivity contribution in [2.75, 3.05) is 0 Å². The van der Waals surface area contributed by atoms with E-state index in [4.69, 9.17) is 0 Å². The fourth-order valence-corrected chi connectivity index (χ4v) is 0.381.